The Hall–Kier alpha value is 0.550. The molecule has 0 saturated carbocycles. The topological polar surface area (TPSA) is 3.24 Å². The van der Waals surface area contributed by atoms with Crippen molar-refractivity contribution in [3.8, 4) is 0 Å². The SMILES string of the molecule is Brc1cc(Br)c(N2CSC3=C2CCCC3)c(Br)c1. The highest BCUT2D eigenvalue weighted by Gasteiger charge is 2.28. The average Bonchev–Trinajstić information content (AvgIpc) is 2.72. The fourth-order valence-corrected chi connectivity index (χ4v) is 6.44. The van der Waals surface area contributed by atoms with Gasteiger partial charge in [0.25, 0.3) is 0 Å². The Bertz CT molecular complexity index is 504. The Morgan fingerprint density at radius 2 is 1.67 bits per heavy atom. The second kappa shape index (κ2) is 5.51. The first-order valence-corrected chi connectivity index (χ1v) is 9.30. The van der Waals surface area contributed by atoms with E-state index in [1.807, 2.05) is 11.8 Å². The molecule has 0 amide bonds. The van der Waals surface area contributed by atoms with Gasteiger partial charge >= 0.3 is 0 Å². The molecule has 1 nitrogen and oxygen atoms in total. The van der Waals surface area contributed by atoms with Crippen LogP contribution in [-0.2, 0) is 0 Å². The van der Waals surface area contributed by atoms with E-state index in [1.165, 1.54) is 37.1 Å². The lowest BCUT2D eigenvalue weighted by molar-refractivity contribution is 0.683. The molecule has 1 aliphatic carbocycles. The second-order valence-corrected chi connectivity index (χ2v) is 8.16. The molecular formula is C13H12Br3NS. The zero-order valence-electron chi connectivity index (χ0n) is 9.68. The van der Waals surface area contributed by atoms with Gasteiger partial charge in [0.1, 0.15) is 0 Å². The smallest absolute Gasteiger partial charge is 0.0730 e. The van der Waals surface area contributed by atoms with Gasteiger partial charge in [-0.25, -0.2) is 0 Å². The summed E-state index contributed by atoms with van der Waals surface area (Å²) in [4.78, 5) is 4.06. The number of benzene rings is 1. The van der Waals surface area contributed by atoms with Crippen LogP contribution in [-0.4, -0.2) is 5.88 Å². The van der Waals surface area contributed by atoms with Crippen molar-refractivity contribution in [1.82, 2.24) is 0 Å². The van der Waals surface area contributed by atoms with Gasteiger partial charge in [-0.3, -0.25) is 0 Å². The van der Waals surface area contributed by atoms with Crippen LogP contribution in [0.2, 0.25) is 0 Å². The van der Waals surface area contributed by atoms with Crippen molar-refractivity contribution >= 4 is 65.2 Å². The average molecular weight is 454 g/mol. The summed E-state index contributed by atoms with van der Waals surface area (Å²) in [6, 6.07) is 4.23. The highest BCUT2D eigenvalue weighted by Crippen LogP contribution is 2.47. The van der Waals surface area contributed by atoms with Gasteiger partial charge in [-0.05, 0) is 69.7 Å². The molecule has 18 heavy (non-hydrogen) atoms. The third-order valence-corrected chi connectivity index (χ3v) is 6.18. The lowest BCUT2D eigenvalue weighted by Gasteiger charge is -2.26. The summed E-state index contributed by atoms with van der Waals surface area (Å²) < 4.78 is 3.38. The van der Waals surface area contributed by atoms with Crippen LogP contribution in [0.25, 0.3) is 0 Å². The summed E-state index contributed by atoms with van der Waals surface area (Å²) in [6.45, 7) is 0. The molecule has 0 bridgehead atoms. The number of hydrogen-bond donors (Lipinski definition) is 0. The van der Waals surface area contributed by atoms with E-state index in [9.17, 15) is 0 Å². The van der Waals surface area contributed by atoms with Crippen molar-refractivity contribution in [2.45, 2.75) is 25.7 Å². The standard InChI is InChI=1S/C13H12Br3NS/c14-8-5-9(15)13(10(16)6-8)17-7-18-12-4-2-1-3-11(12)17/h5-6H,1-4,7H2. The number of nitrogens with zero attached hydrogens (tertiary/aromatic N) is 1. The lowest BCUT2D eigenvalue weighted by atomic mass is 10.0. The minimum Gasteiger partial charge on any atom is -0.332 e. The van der Waals surface area contributed by atoms with Crippen molar-refractivity contribution < 1.29 is 0 Å². The van der Waals surface area contributed by atoms with E-state index in [1.54, 1.807) is 4.91 Å². The predicted molar refractivity (Wildman–Crippen MR) is 90.0 cm³/mol. The summed E-state index contributed by atoms with van der Waals surface area (Å²) in [6.07, 6.45) is 5.16. The predicted octanol–water partition coefficient (Wildman–Crippen LogP) is 6.27. The highest BCUT2D eigenvalue weighted by atomic mass is 79.9. The van der Waals surface area contributed by atoms with E-state index in [2.05, 4.69) is 64.8 Å². The Morgan fingerprint density at radius 3 is 2.39 bits per heavy atom. The van der Waals surface area contributed by atoms with Crippen molar-refractivity contribution in [1.29, 1.82) is 0 Å². The molecule has 0 N–H and O–H groups in total. The molecule has 0 unspecified atom stereocenters. The summed E-state index contributed by atoms with van der Waals surface area (Å²) in [5, 5.41) is 0. The third-order valence-electron chi connectivity index (χ3n) is 3.33. The third kappa shape index (κ3) is 2.43. The van der Waals surface area contributed by atoms with Crippen LogP contribution in [0.1, 0.15) is 25.7 Å². The van der Waals surface area contributed by atoms with E-state index in [0.29, 0.717) is 0 Å². The van der Waals surface area contributed by atoms with Gasteiger partial charge in [-0.15, -0.1) is 11.8 Å². The zero-order valence-corrected chi connectivity index (χ0v) is 15.3. The Kier molecular flexibility index (Phi) is 4.14. The van der Waals surface area contributed by atoms with Gasteiger partial charge in [-0.2, -0.15) is 0 Å². The molecule has 1 heterocycles. The molecular weight excluding hydrogens is 442 g/mol. The van der Waals surface area contributed by atoms with Crippen molar-refractivity contribution in [3.05, 3.63) is 36.2 Å². The summed E-state index contributed by atoms with van der Waals surface area (Å²) in [5.74, 6) is 1.05. The molecule has 0 radical (unpaired) electrons. The molecule has 0 saturated heterocycles. The fraction of sp³-hybridized carbons (Fsp3) is 0.385. The maximum absolute atomic E-state index is 3.69. The molecule has 5 heteroatoms. The number of anilines is 1. The number of halogens is 3. The normalized spacial score (nSPS) is 19.4. The first kappa shape index (κ1) is 13.5. The van der Waals surface area contributed by atoms with Gasteiger partial charge < -0.3 is 4.90 Å². The van der Waals surface area contributed by atoms with Gasteiger partial charge in [-0.1, -0.05) is 15.9 Å². The molecule has 1 aromatic rings. The van der Waals surface area contributed by atoms with Crippen molar-refractivity contribution in [3.63, 3.8) is 0 Å². The van der Waals surface area contributed by atoms with Crippen LogP contribution in [0.3, 0.4) is 0 Å². The minimum atomic E-state index is 1.05. The Labute approximate surface area is 137 Å². The quantitative estimate of drug-likeness (QED) is 0.493. The molecule has 0 atom stereocenters. The maximum atomic E-state index is 3.69. The monoisotopic (exact) mass is 451 g/mol. The molecule has 2 aliphatic rings. The molecule has 96 valence electrons. The summed E-state index contributed by atoms with van der Waals surface area (Å²) in [7, 11) is 0. The fourth-order valence-electron chi connectivity index (χ4n) is 2.52. The molecule has 0 spiro atoms. The molecule has 0 aromatic heterocycles. The molecule has 1 aromatic carbocycles. The highest BCUT2D eigenvalue weighted by molar-refractivity contribution is 9.11. The molecule has 0 fully saturated rings. The Morgan fingerprint density at radius 1 is 1.00 bits per heavy atom. The van der Waals surface area contributed by atoms with Crippen LogP contribution >= 0.6 is 59.6 Å². The van der Waals surface area contributed by atoms with E-state index in [0.717, 1.165) is 19.3 Å². The number of hydrogen-bond acceptors (Lipinski definition) is 2. The van der Waals surface area contributed by atoms with E-state index < -0.39 is 0 Å². The minimum absolute atomic E-state index is 1.05. The zero-order chi connectivity index (χ0) is 12.7. The first-order chi connectivity index (χ1) is 8.66. The van der Waals surface area contributed by atoms with Crippen molar-refractivity contribution in [2.24, 2.45) is 0 Å². The lowest BCUT2D eigenvalue weighted by Crippen LogP contribution is -2.20. The van der Waals surface area contributed by atoms with E-state index >= 15 is 0 Å². The van der Waals surface area contributed by atoms with Gasteiger partial charge in [0, 0.05) is 24.0 Å². The van der Waals surface area contributed by atoms with Crippen LogP contribution in [0.15, 0.2) is 36.2 Å². The van der Waals surface area contributed by atoms with Crippen LogP contribution in [0, 0.1) is 0 Å². The summed E-state index contributed by atoms with van der Waals surface area (Å²) >= 11 is 12.9. The summed E-state index contributed by atoms with van der Waals surface area (Å²) in [5.41, 5.74) is 2.80. The van der Waals surface area contributed by atoms with Gasteiger partial charge in [0.2, 0.25) is 0 Å². The molecule has 1 aliphatic heterocycles. The maximum Gasteiger partial charge on any atom is 0.0730 e. The second-order valence-electron chi connectivity index (χ2n) is 4.50. The number of allylic oxidation sites excluding steroid dienone is 2. The first-order valence-electron chi connectivity index (χ1n) is 5.93. The van der Waals surface area contributed by atoms with Crippen LogP contribution < -0.4 is 4.90 Å². The van der Waals surface area contributed by atoms with E-state index in [4.69, 9.17) is 0 Å². The number of rotatable bonds is 1. The van der Waals surface area contributed by atoms with Crippen LogP contribution in [0.4, 0.5) is 5.69 Å². The van der Waals surface area contributed by atoms with Crippen molar-refractivity contribution in [2.75, 3.05) is 10.8 Å². The molecule has 3 rings (SSSR count). The Balaban J connectivity index is 2.04. The largest absolute Gasteiger partial charge is 0.332 e. The van der Waals surface area contributed by atoms with Gasteiger partial charge in [0.15, 0.2) is 0 Å². The van der Waals surface area contributed by atoms with Crippen LogP contribution in [0.5, 0.6) is 0 Å². The van der Waals surface area contributed by atoms with E-state index in [-0.39, 0.29) is 0 Å². The van der Waals surface area contributed by atoms with Gasteiger partial charge in [0.05, 0.1) is 11.6 Å². The number of thioether (sulfide) groups is 1.